The quantitative estimate of drug-likeness (QED) is 0.146. The molecule has 0 aromatic carbocycles. The lowest BCUT2D eigenvalue weighted by atomic mass is 10.1. The number of aliphatic carboxylic acids is 2. The molecule has 0 spiro atoms. The van der Waals surface area contributed by atoms with E-state index in [0.717, 1.165) is 0 Å². The molecule has 1 rings (SSSR count). The fourth-order valence-corrected chi connectivity index (χ4v) is 2.41. The van der Waals surface area contributed by atoms with Crippen LogP contribution in [0.3, 0.4) is 0 Å². The smallest absolute Gasteiger partial charge is 0.326 e. The summed E-state index contributed by atoms with van der Waals surface area (Å²) in [6.45, 7) is -0.505. The Kier molecular flexibility index (Phi) is 9.58. The van der Waals surface area contributed by atoms with Crippen molar-refractivity contribution in [1.82, 2.24) is 25.9 Å². The van der Waals surface area contributed by atoms with Gasteiger partial charge in [0.15, 0.2) is 0 Å². The zero-order valence-corrected chi connectivity index (χ0v) is 16.2. The van der Waals surface area contributed by atoms with E-state index in [0.29, 0.717) is 5.69 Å². The first-order valence-electron chi connectivity index (χ1n) is 8.83. The Morgan fingerprint density at radius 2 is 1.58 bits per heavy atom. The van der Waals surface area contributed by atoms with E-state index < -0.39 is 73.1 Å². The van der Waals surface area contributed by atoms with Gasteiger partial charge in [-0.3, -0.25) is 24.0 Å². The maximum Gasteiger partial charge on any atom is 0.326 e. The predicted molar refractivity (Wildman–Crippen MR) is 101 cm³/mol. The third kappa shape index (κ3) is 8.90. The van der Waals surface area contributed by atoms with Crippen LogP contribution in [0.15, 0.2) is 12.5 Å². The molecule has 4 amide bonds. The molecule has 1 aromatic rings. The van der Waals surface area contributed by atoms with E-state index in [1.807, 2.05) is 0 Å². The highest BCUT2D eigenvalue weighted by molar-refractivity contribution is 5.95. The summed E-state index contributed by atoms with van der Waals surface area (Å²) in [4.78, 5) is 76.4. The van der Waals surface area contributed by atoms with Crippen molar-refractivity contribution in [3.05, 3.63) is 18.2 Å². The molecule has 0 radical (unpaired) electrons. The number of nitrogens with one attached hydrogen (secondary N) is 4. The Bertz CT molecular complexity index is 826. The molecule has 0 fully saturated rings. The number of carbonyl (C=O) groups is 6. The third-order valence-corrected chi connectivity index (χ3v) is 3.85. The number of nitrogens with two attached hydrogens (primary N) is 2. The molecule has 1 heterocycles. The Labute approximate surface area is 174 Å². The van der Waals surface area contributed by atoms with E-state index in [-0.39, 0.29) is 6.42 Å². The molecule has 0 saturated carbocycles. The molecule has 31 heavy (non-hydrogen) atoms. The van der Waals surface area contributed by atoms with E-state index in [1.54, 1.807) is 0 Å². The Morgan fingerprint density at radius 3 is 2.06 bits per heavy atom. The summed E-state index contributed by atoms with van der Waals surface area (Å²) in [5.74, 6) is -6.73. The lowest BCUT2D eigenvalue weighted by Crippen LogP contribution is -2.57. The number of rotatable bonds is 13. The number of H-pyrrole nitrogens is 1. The second-order valence-electron chi connectivity index (χ2n) is 6.33. The molecule has 3 atom stereocenters. The van der Waals surface area contributed by atoms with Crippen LogP contribution in [0.2, 0.25) is 0 Å². The topological polar surface area (TPSA) is 260 Å². The second kappa shape index (κ2) is 11.9. The molecule has 10 N–H and O–H groups in total. The van der Waals surface area contributed by atoms with Gasteiger partial charge in [-0.1, -0.05) is 0 Å². The van der Waals surface area contributed by atoms with Gasteiger partial charge in [0.25, 0.3) is 0 Å². The molecule has 170 valence electrons. The first kappa shape index (κ1) is 25.0. The molecule has 3 unspecified atom stereocenters. The van der Waals surface area contributed by atoms with Gasteiger partial charge < -0.3 is 42.6 Å². The van der Waals surface area contributed by atoms with E-state index in [2.05, 4.69) is 25.9 Å². The van der Waals surface area contributed by atoms with E-state index in [9.17, 15) is 28.8 Å². The first-order chi connectivity index (χ1) is 14.5. The largest absolute Gasteiger partial charge is 0.481 e. The van der Waals surface area contributed by atoms with Crippen LogP contribution in [0.5, 0.6) is 0 Å². The molecule has 1 aromatic heterocycles. The molecule has 15 heteroatoms. The number of hydrogen-bond acceptors (Lipinski definition) is 8. The molecule has 0 saturated heterocycles. The zero-order chi connectivity index (χ0) is 23.6. The highest BCUT2D eigenvalue weighted by Gasteiger charge is 2.31. The highest BCUT2D eigenvalue weighted by atomic mass is 16.4. The van der Waals surface area contributed by atoms with Crippen molar-refractivity contribution in [2.45, 2.75) is 37.4 Å². The number of nitrogens with zero attached hydrogens (tertiary/aromatic N) is 1. The summed E-state index contributed by atoms with van der Waals surface area (Å²) in [5, 5.41) is 24.6. The number of amides is 4. The summed E-state index contributed by atoms with van der Waals surface area (Å²) < 4.78 is 0. The molecule has 0 aliphatic heterocycles. The maximum atomic E-state index is 12.6. The van der Waals surface area contributed by atoms with Gasteiger partial charge in [0.1, 0.15) is 18.1 Å². The fourth-order valence-electron chi connectivity index (χ4n) is 2.41. The van der Waals surface area contributed by atoms with E-state index >= 15 is 0 Å². The molecule has 0 aliphatic carbocycles. The lowest BCUT2D eigenvalue weighted by molar-refractivity contribution is -0.144. The third-order valence-electron chi connectivity index (χ3n) is 3.85. The maximum absolute atomic E-state index is 12.6. The summed E-state index contributed by atoms with van der Waals surface area (Å²) in [6, 6.07) is -4.61. The van der Waals surface area contributed by atoms with Crippen molar-refractivity contribution in [2.24, 2.45) is 11.5 Å². The van der Waals surface area contributed by atoms with E-state index in [1.165, 1.54) is 12.5 Å². The second-order valence-corrected chi connectivity index (χ2v) is 6.33. The van der Waals surface area contributed by atoms with Crippen molar-refractivity contribution in [1.29, 1.82) is 0 Å². The zero-order valence-electron chi connectivity index (χ0n) is 16.2. The molecule has 0 bridgehead atoms. The minimum absolute atomic E-state index is 0.189. The number of carbonyl (C=O) groups excluding carboxylic acids is 4. The van der Waals surface area contributed by atoms with Crippen LogP contribution in [0, 0.1) is 0 Å². The number of primary amides is 1. The van der Waals surface area contributed by atoms with Gasteiger partial charge in [-0.2, -0.15) is 0 Å². The first-order valence-corrected chi connectivity index (χ1v) is 8.83. The van der Waals surface area contributed by atoms with Gasteiger partial charge in [-0.05, 0) is 0 Å². The molecule has 0 aliphatic rings. The number of aromatic nitrogens is 2. The van der Waals surface area contributed by atoms with Crippen LogP contribution >= 0.6 is 0 Å². The van der Waals surface area contributed by atoms with Crippen LogP contribution < -0.4 is 27.4 Å². The molecular weight excluding hydrogens is 418 g/mol. The Balaban J connectivity index is 3.04. The van der Waals surface area contributed by atoms with Gasteiger partial charge in [0, 0.05) is 18.3 Å². The minimum Gasteiger partial charge on any atom is -0.481 e. The number of carboxylic acids is 2. The average molecular weight is 441 g/mol. The van der Waals surface area contributed by atoms with Crippen molar-refractivity contribution in [2.75, 3.05) is 6.54 Å². The molecule has 15 nitrogen and oxygen atoms in total. The number of hydrogen-bond donors (Lipinski definition) is 8. The van der Waals surface area contributed by atoms with E-state index in [4.69, 9.17) is 21.7 Å². The minimum atomic E-state index is -1.65. The van der Waals surface area contributed by atoms with Gasteiger partial charge in [0.05, 0.1) is 25.7 Å². The predicted octanol–water partition coefficient (Wildman–Crippen LogP) is -4.20. The standard InChI is InChI=1S/C16H23N7O8/c17-4-12(25)21-9(3-13(26)27)15(29)22-8(1-7-5-19-6-20-7)14(28)23-10(16(30)31)2-11(18)24/h5-6,8-10H,1-4,17H2,(H2,18,24)(H,19,20)(H,21,25)(H,22,29)(H,23,28)(H,26,27)(H,30,31). The fraction of sp³-hybridized carbons (Fsp3) is 0.438. The SMILES string of the molecule is NCC(=O)NC(CC(=O)O)C(=O)NC(Cc1cnc[nH]1)C(=O)NC(CC(N)=O)C(=O)O. The Morgan fingerprint density at radius 1 is 0.968 bits per heavy atom. The monoisotopic (exact) mass is 441 g/mol. The van der Waals surface area contributed by atoms with Gasteiger partial charge in [-0.15, -0.1) is 0 Å². The van der Waals surface area contributed by atoms with Crippen LogP contribution in [0.1, 0.15) is 18.5 Å². The van der Waals surface area contributed by atoms with Crippen molar-refractivity contribution < 1.29 is 39.0 Å². The van der Waals surface area contributed by atoms with Gasteiger partial charge in [-0.25, -0.2) is 9.78 Å². The van der Waals surface area contributed by atoms with Gasteiger partial charge in [0.2, 0.25) is 23.6 Å². The summed E-state index contributed by atoms with van der Waals surface area (Å²) in [6.07, 6.45) is 0.962. The average Bonchev–Trinajstić information content (AvgIpc) is 3.18. The van der Waals surface area contributed by atoms with Crippen LogP contribution in [-0.2, 0) is 35.2 Å². The highest BCUT2D eigenvalue weighted by Crippen LogP contribution is 2.03. The number of imidazole rings is 1. The summed E-state index contributed by atoms with van der Waals surface area (Å²) >= 11 is 0. The van der Waals surface area contributed by atoms with Crippen molar-refractivity contribution in [3.8, 4) is 0 Å². The summed E-state index contributed by atoms with van der Waals surface area (Å²) in [7, 11) is 0. The Hall–Kier alpha value is -4.01. The summed E-state index contributed by atoms with van der Waals surface area (Å²) in [5.41, 5.74) is 10.5. The number of aromatic amines is 1. The number of carboxylic acid groups (broad SMARTS) is 2. The van der Waals surface area contributed by atoms with Gasteiger partial charge >= 0.3 is 11.9 Å². The van der Waals surface area contributed by atoms with Crippen molar-refractivity contribution in [3.63, 3.8) is 0 Å². The van der Waals surface area contributed by atoms with Crippen LogP contribution in [0.4, 0.5) is 0 Å². The lowest BCUT2D eigenvalue weighted by Gasteiger charge is -2.23. The van der Waals surface area contributed by atoms with Crippen LogP contribution in [-0.4, -0.2) is 80.4 Å². The normalized spacial score (nSPS) is 13.3. The van der Waals surface area contributed by atoms with Crippen LogP contribution in [0.25, 0.3) is 0 Å². The van der Waals surface area contributed by atoms with Crippen molar-refractivity contribution >= 4 is 35.6 Å². The molecular formula is C16H23N7O8.